The quantitative estimate of drug-likeness (QED) is 0.815. The summed E-state index contributed by atoms with van der Waals surface area (Å²) >= 11 is 0. The summed E-state index contributed by atoms with van der Waals surface area (Å²) in [6, 6.07) is 0.432. The molecule has 4 atom stereocenters. The summed E-state index contributed by atoms with van der Waals surface area (Å²) in [4.78, 5) is 24.8. The topological polar surface area (TPSA) is 59.7 Å². The van der Waals surface area contributed by atoms with Crippen LogP contribution in [-0.4, -0.2) is 44.8 Å². The van der Waals surface area contributed by atoms with E-state index in [0.717, 1.165) is 25.4 Å². The lowest BCUT2D eigenvalue weighted by Gasteiger charge is -2.20. The van der Waals surface area contributed by atoms with E-state index in [-0.39, 0.29) is 11.5 Å². The van der Waals surface area contributed by atoms with Gasteiger partial charge in [-0.2, -0.15) is 0 Å². The summed E-state index contributed by atoms with van der Waals surface area (Å²) in [6.07, 6.45) is 9.99. The third kappa shape index (κ3) is 2.97. The molecule has 0 N–H and O–H groups in total. The standard InChI is InChI=1S/C21H30N4O2/c1-13(14-6-4-5-7-14)25-11-18(22-12-25)20(26)24-9-15-16(10-24)19(15)17-8-21(2,3)27-23-17/h11-16,19H,4-10H2,1-3H3/t13-,15-,16+,19?/m1/s1. The summed E-state index contributed by atoms with van der Waals surface area (Å²) in [5.74, 6) is 2.45. The molecule has 2 aliphatic heterocycles. The fourth-order valence-electron chi connectivity index (χ4n) is 5.56. The van der Waals surface area contributed by atoms with Gasteiger partial charge in [-0.25, -0.2) is 4.98 Å². The van der Waals surface area contributed by atoms with Gasteiger partial charge in [0.05, 0.1) is 12.0 Å². The third-order valence-electron chi connectivity index (χ3n) is 7.26. The second-order valence-electron chi connectivity index (χ2n) is 9.67. The molecule has 1 amide bonds. The molecule has 6 heteroatoms. The summed E-state index contributed by atoms with van der Waals surface area (Å²) < 4.78 is 2.15. The minimum atomic E-state index is -0.162. The van der Waals surface area contributed by atoms with Gasteiger partial charge in [0.2, 0.25) is 0 Å². The van der Waals surface area contributed by atoms with Gasteiger partial charge in [0.1, 0.15) is 11.3 Å². The Labute approximate surface area is 161 Å². The molecular formula is C21H30N4O2. The lowest BCUT2D eigenvalue weighted by molar-refractivity contribution is 0.0123. The number of carbonyl (C=O) groups excluding carboxylic acids is 1. The lowest BCUT2D eigenvalue weighted by atomic mass is 9.98. The maximum atomic E-state index is 12.9. The molecule has 0 spiro atoms. The molecule has 6 nitrogen and oxygen atoms in total. The molecule has 5 rings (SSSR count). The zero-order valence-electron chi connectivity index (χ0n) is 16.6. The van der Waals surface area contributed by atoms with Gasteiger partial charge in [0.15, 0.2) is 0 Å². The van der Waals surface area contributed by atoms with Gasteiger partial charge >= 0.3 is 0 Å². The van der Waals surface area contributed by atoms with Crippen molar-refractivity contribution in [3.8, 4) is 0 Å². The van der Waals surface area contributed by atoms with Crippen molar-refractivity contribution >= 4 is 11.6 Å². The van der Waals surface area contributed by atoms with Crippen LogP contribution in [0.25, 0.3) is 0 Å². The number of likely N-dealkylation sites (tertiary alicyclic amines) is 1. The maximum Gasteiger partial charge on any atom is 0.274 e. The maximum absolute atomic E-state index is 12.9. The van der Waals surface area contributed by atoms with Crippen LogP contribution in [0.5, 0.6) is 0 Å². The minimum absolute atomic E-state index is 0.0864. The molecule has 1 aromatic rings. The van der Waals surface area contributed by atoms with Gasteiger partial charge in [0.25, 0.3) is 5.91 Å². The smallest absolute Gasteiger partial charge is 0.274 e. The number of hydrogen-bond acceptors (Lipinski definition) is 4. The summed E-state index contributed by atoms with van der Waals surface area (Å²) in [5, 5.41) is 4.32. The molecule has 27 heavy (non-hydrogen) atoms. The molecule has 1 saturated heterocycles. The predicted molar refractivity (Wildman–Crippen MR) is 102 cm³/mol. The number of rotatable bonds is 4. The summed E-state index contributed by atoms with van der Waals surface area (Å²) in [6.45, 7) is 8.09. The fourth-order valence-corrected chi connectivity index (χ4v) is 5.56. The van der Waals surface area contributed by atoms with Crippen LogP contribution in [0.1, 0.15) is 69.4 Å². The second kappa shape index (κ2) is 6.08. The van der Waals surface area contributed by atoms with Gasteiger partial charge in [-0.15, -0.1) is 0 Å². The Morgan fingerprint density at radius 3 is 2.59 bits per heavy atom. The van der Waals surface area contributed by atoms with Crippen molar-refractivity contribution in [2.45, 2.75) is 64.5 Å². The molecule has 1 unspecified atom stereocenters. The number of amides is 1. The van der Waals surface area contributed by atoms with Gasteiger partial charge in [-0.1, -0.05) is 18.0 Å². The number of oxime groups is 1. The molecule has 3 heterocycles. The SMILES string of the molecule is C[C@H](C1CCCC1)n1cnc(C(=O)N2C[C@@H]3C(C4=NOC(C)(C)C4)[C@@H]3C2)c1. The van der Waals surface area contributed by atoms with Crippen LogP contribution in [0.4, 0.5) is 0 Å². The van der Waals surface area contributed by atoms with Crippen LogP contribution in [0.2, 0.25) is 0 Å². The first-order chi connectivity index (χ1) is 12.9. The van der Waals surface area contributed by atoms with Crippen molar-refractivity contribution < 1.29 is 9.63 Å². The average Bonchev–Trinajstić information content (AvgIpc) is 3.26. The van der Waals surface area contributed by atoms with Crippen LogP contribution in [0.3, 0.4) is 0 Å². The second-order valence-corrected chi connectivity index (χ2v) is 9.67. The summed E-state index contributed by atoms with van der Waals surface area (Å²) in [5.41, 5.74) is 1.64. The van der Waals surface area contributed by atoms with Crippen molar-refractivity contribution in [2.75, 3.05) is 13.1 Å². The Kier molecular flexibility index (Phi) is 3.89. The first-order valence-corrected chi connectivity index (χ1v) is 10.5. The Morgan fingerprint density at radius 1 is 1.26 bits per heavy atom. The Hall–Kier alpha value is -1.85. The molecule has 1 aromatic heterocycles. The van der Waals surface area contributed by atoms with E-state index in [1.807, 2.05) is 17.4 Å². The molecule has 0 bridgehead atoms. The van der Waals surface area contributed by atoms with Gasteiger partial charge in [0, 0.05) is 37.7 Å². The largest absolute Gasteiger partial charge is 0.389 e. The normalized spacial score (nSPS) is 32.9. The zero-order chi connectivity index (χ0) is 18.8. The van der Waals surface area contributed by atoms with Crippen molar-refractivity contribution in [2.24, 2.45) is 28.8 Å². The number of nitrogens with zero attached hydrogens (tertiary/aromatic N) is 4. The highest BCUT2D eigenvalue weighted by molar-refractivity contribution is 5.94. The molecule has 146 valence electrons. The lowest BCUT2D eigenvalue weighted by Crippen LogP contribution is -2.33. The Bertz CT molecular complexity index is 765. The van der Waals surface area contributed by atoms with Crippen molar-refractivity contribution in [3.05, 3.63) is 18.2 Å². The van der Waals surface area contributed by atoms with E-state index >= 15 is 0 Å². The van der Waals surface area contributed by atoms with E-state index in [1.54, 1.807) is 0 Å². The molecule has 2 aliphatic carbocycles. The third-order valence-corrected chi connectivity index (χ3v) is 7.26. The van der Waals surface area contributed by atoms with E-state index in [1.165, 1.54) is 31.4 Å². The Morgan fingerprint density at radius 2 is 1.96 bits per heavy atom. The van der Waals surface area contributed by atoms with Gasteiger partial charge in [-0.05, 0) is 51.4 Å². The molecule has 4 aliphatic rings. The van der Waals surface area contributed by atoms with Crippen molar-refractivity contribution in [1.82, 2.24) is 14.5 Å². The number of piperidine rings is 1. The van der Waals surface area contributed by atoms with Crippen LogP contribution in [0.15, 0.2) is 17.7 Å². The minimum Gasteiger partial charge on any atom is -0.389 e. The number of carbonyl (C=O) groups is 1. The van der Waals surface area contributed by atoms with Crippen LogP contribution >= 0.6 is 0 Å². The molecule has 0 aromatic carbocycles. The fraction of sp³-hybridized carbons (Fsp3) is 0.762. The first-order valence-electron chi connectivity index (χ1n) is 10.5. The highest BCUT2D eigenvalue weighted by Crippen LogP contribution is 2.54. The number of aromatic nitrogens is 2. The molecule has 3 fully saturated rings. The highest BCUT2D eigenvalue weighted by Gasteiger charge is 2.60. The predicted octanol–water partition coefficient (Wildman–Crippen LogP) is 3.51. The van der Waals surface area contributed by atoms with E-state index in [0.29, 0.717) is 29.5 Å². The van der Waals surface area contributed by atoms with E-state index in [2.05, 4.69) is 35.5 Å². The van der Waals surface area contributed by atoms with Gasteiger partial charge in [-0.3, -0.25) is 4.79 Å². The number of imidazole rings is 1. The van der Waals surface area contributed by atoms with Crippen molar-refractivity contribution in [3.63, 3.8) is 0 Å². The van der Waals surface area contributed by atoms with E-state index in [4.69, 9.17) is 4.84 Å². The highest BCUT2D eigenvalue weighted by atomic mass is 16.7. The molecule has 0 radical (unpaired) electrons. The number of fused-ring (bicyclic) bond motifs is 1. The molecular weight excluding hydrogens is 340 g/mol. The monoisotopic (exact) mass is 370 g/mol. The zero-order valence-corrected chi connectivity index (χ0v) is 16.6. The number of hydrogen-bond donors (Lipinski definition) is 0. The first kappa shape index (κ1) is 17.3. The Balaban J connectivity index is 1.19. The van der Waals surface area contributed by atoms with Crippen LogP contribution in [0, 0.1) is 23.7 Å². The summed E-state index contributed by atoms with van der Waals surface area (Å²) in [7, 11) is 0. The van der Waals surface area contributed by atoms with Gasteiger partial charge < -0.3 is 14.3 Å². The average molecular weight is 370 g/mol. The van der Waals surface area contributed by atoms with Crippen LogP contribution < -0.4 is 0 Å². The van der Waals surface area contributed by atoms with Crippen LogP contribution in [-0.2, 0) is 4.84 Å². The van der Waals surface area contributed by atoms with Crippen molar-refractivity contribution in [1.29, 1.82) is 0 Å². The molecule has 2 saturated carbocycles. The van der Waals surface area contributed by atoms with E-state index in [9.17, 15) is 4.79 Å². The van der Waals surface area contributed by atoms with E-state index < -0.39 is 0 Å².